The zero-order valence-corrected chi connectivity index (χ0v) is 26.5. The average Bonchev–Trinajstić information content (AvgIpc) is 2.94. The molecule has 0 saturated heterocycles. The van der Waals surface area contributed by atoms with E-state index in [4.69, 9.17) is 14.2 Å². The van der Waals surface area contributed by atoms with E-state index >= 15 is 0 Å². The van der Waals surface area contributed by atoms with Crippen molar-refractivity contribution < 1.29 is 14.0 Å². The molecular formula is C33H42N2O3SSi. The van der Waals surface area contributed by atoms with Crippen LogP contribution in [-0.4, -0.2) is 38.4 Å². The number of rotatable bonds is 8. The van der Waals surface area contributed by atoms with E-state index in [2.05, 4.69) is 108 Å². The number of carbonyl (C=O) groups is 1. The van der Waals surface area contributed by atoms with Crippen LogP contribution in [-0.2, 0) is 14.8 Å². The molecule has 0 saturated carbocycles. The van der Waals surface area contributed by atoms with E-state index < -0.39 is 20.0 Å². The molecule has 5 nitrogen and oxygen atoms in total. The van der Waals surface area contributed by atoms with E-state index in [0.717, 1.165) is 33.9 Å². The predicted molar refractivity (Wildman–Crippen MR) is 170 cm³/mol. The van der Waals surface area contributed by atoms with Crippen molar-refractivity contribution in [3.05, 3.63) is 90.5 Å². The van der Waals surface area contributed by atoms with E-state index in [1.807, 2.05) is 24.3 Å². The molecule has 0 fully saturated rings. The predicted octanol–water partition coefficient (Wildman–Crippen LogP) is 6.12. The summed E-state index contributed by atoms with van der Waals surface area (Å²) < 4.78 is 12.6. The van der Waals surface area contributed by atoms with Gasteiger partial charge in [-0.1, -0.05) is 119 Å². The van der Waals surface area contributed by atoms with Crippen LogP contribution in [0.2, 0.25) is 5.04 Å². The Hall–Kier alpha value is -2.87. The minimum atomic E-state index is -2.91. The maximum absolute atomic E-state index is 14.0. The summed E-state index contributed by atoms with van der Waals surface area (Å²) in [4.78, 5) is 19.1. The maximum atomic E-state index is 14.0. The van der Waals surface area contributed by atoms with Gasteiger partial charge in [0.1, 0.15) is 11.9 Å². The summed E-state index contributed by atoms with van der Waals surface area (Å²) in [5.41, 5.74) is 0.677. The van der Waals surface area contributed by atoms with Crippen LogP contribution >= 0.6 is 11.8 Å². The highest BCUT2D eigenvalue weighted by Gasteiger charge is 2.52. The van der Waals surface area contributed by atoms with Crippen LogP contribution in [0, 0.1) is 5.92 Å². The Morgan fingerprint density at radius 2 is 1.50 bits per heavy atom. The molecule has 0 aliphatic carbocycles. The third-order valence-electron chi connectivity index (χ3n) is 7.70. The van der Waals surface area contributed by atoms with Gasteiger partial charge in [-0.3, -0.25) is 9.79 Å². The summed E-state index contributed by atoms with van der Waals surface area (Å²) >= 11 is 1.59. The number of benzene rings is 3. The molecule has 212 valence electrons. The maximum Gasteiger partial charge on any atom is 0.262 e. The first-order valence-electron chi connectivity index (χ1n) is 14.0. The Bertz CT molecular complexity index is 1270. The number of ether oxygens (including phenoxy) is 1. The standard InChI is InChI=1S/C33H42N2O3SSi/c1-24(2)29(30(36)34-31-35-33(6,22-23-39-31)25-18-20-26(37-7)21-19-25)38-40(32(3,4)5,27-14-10-8-11-15-27)28-16-12-9-13-17-28/h8-21,24,29H,22-23H2,1-7H3,(H,34,35,36)/t29-,33?/m0/s1. The van der Waals surface area contributed by atoms with Crippen molar-refractivity contribution >= 4 is 41.5 Å². The molecule has 2 atom stereocenters. The van der Waals surface area contributed by atoms with E-state index in [-0.39, 0.29) is 16.9 Å². The number of methoxy groups -OCH3 is 1. The summed E-state index contributed by atoms with van der Waals surface area (Å²) in [5, 5.41) is 5.90. The number of amides is 1. The Labute approximate surface area is 244 Å². The van der Waals surface area contributed by atoms with Crippen molar-refractivity contribution in [2.24, 2.45) is 10.9 Å². The second-order valence-electron chi connectivity index (χ2n) is 12.0. The minimum absolute atomic E-state index is 0.0381. The van der Waals surface area contributed by atoms with Gasteiger partial charge in [0.15, 0.2) is 5.17 Å². The fraction of sp³-hybridized carbons (Fsp3) is 0.394. The number of nitrogens with one attached hydrogen (secondary N) is 1. The Kier molecular flexibility index (Phi) is 9.28. The SMILES string of the molecule is COc1ccc(C2(C)CCSC(NC(=O)[C@@H](O[Si](c3ccccc3)(c3ccccc3)C(C)(C)C)C(C)C)=N2)cc1. The lowest BCUT2D eigenvalue weighted by molar-refractivity contribution is -0.128. The summed E-state index contributed by atoms with van der Waals surface area (Å²) in [6.07, 6.45) is 0.235. The monoisotopic (exact) mass is 574 g/mol. The van der Waals surface area contributed by atoms with Gasteiger partial charge >= 0.3 is 0 Å². The number of carbonyl (C=O) groups excluding carboxylic acids is 1. The summed E-state index contributed by atoms with van der Waals surface area (Å²) in [7, 11) is -1.25. The number of thioether (sulfide) groups is 1. The molecule has 7 heteroatoms. The summed E-state index contributed by atoms with van der Waals surface area (Å²) in [6, 6.07) is 29.0. The first-order valence-corrected chi connectivity index (χ1v) is 16.9. The van der Waals surface area contributed by atoms with Crippen LogP contribution in [0.1, 0.15) is 53.5 Å². The van der Waals surface area contributed by atoms with Gasteiger partial charge in [0.05, 0.1) is 12.6 Å². The van der Waals surface area contributed by atoms with Gasteiger partial charge in [0.25, 0.3) is 14.2 Å². The number of nitrogens with zero attached hydrogens (tertiary/aromatic N) is 1. The molecule has 1 N–H and O–H groups in total. The van der Waals surface area contributed by atoms with Gasteiger partial charge in [0, 0.05) is 5.75 Å². The molecule has 3 aromatic carbocycles. The molecule has 1 unspecified atom stereocenters. The normalized spacial score (nSPS) is 18.6. The fourth-order valence-electron chi connectivity index (χ4n) is 5.43. The van der Waals surface area contributed by atoms with Gasteiger partial charge in [0.2, 0.25) is 0 Å². The molecule has 0 spiro atoms. The van der Waals surface area contributed by atoms with E-state index in [9.17, 15) is 4.79 Å². The van der Waals surface area contributed by atoms with Gasteiger partial charge in [-0.25, -0.2) is 0 Å². The first kappa shape index (κ1) is 30.1. The lowest BCUT2D eigenvalue weighted by Gasteiger charge is -2.45. The molecule has 3 aromatic rings. The molecule has 0 radical (unpaired) electrons. The smallest absolute Gasteiger partial charge is 0.262 e. The van der Waals surface area contributed by atoms with Crippen molar-refractivity contribution in [2.75, 3.05) is 12.9 Å². The second-order valence-corrected chi connectivity index (χ2v) is 17.3. The highest BCUT2D eigenvalue weighted by atomic mass is 32.2. The molecule has 1 aliphatic rings. The van der Waals surface area contributed by atoms with Crippen LogP contribution in [0.5, 0.6) is 5.75 Å². The quantitative estimate of drug-likeness (QED) is 0.329. The summed E-state index contributed by atoms with van der Waals surface area (Å²) in [6.45, 7) is 12.9. The number of amidine groups is 1. The lowest BCUT2D eigenvalue weighted by Crippen LogP contribution is -2.69. The fourth-order valence-corrected chi connectivity index (χ4v) is 11.3. The molecule has 1 amide bonds. The Balaban J connectivity index is 1.69. The highest BCUT2D eigenvalue weighted by molar-refractivity contribution is 8.13. The van der Waals surface area contributed by atoms with Gasteiger partial charge in [-0.15, -0.1) is 0 Å². The number of hydrogen-bond donors (Lipinski definition) is 1. The Morgan fingerprint density at radius 3 is 1.98 bits per heavy atom. The van der Waals surface area contributed by atoms with Crippen LogP contribution in [0.4, 0.5) is 0 Å². The highest BCUT2D eigenvalue weighted by Crippen LogP contribution is 2.39. The van der Waals surface area contributed by atoms with E-state index in [1.54, 1.807) is 18.9 Å². The molecule has 1 aliphatic heterocycles. The molecule has 0 aromatic heterocycles. The third-order valence-corrected chi connectivity index (χ3v) is 13.6. The van der Waals surface area contributed by atoms with Crippen molar-refractivity contribution in [3.8, 4) is 5.75 Å². The van der Waals surface area contributed by atoms with Crippen molar-refractivity contribution in [2.45, 2.75) is 64.6 Å². The second kappa shape index (κ2) is 12.3. The molecular weight excluding hydrogens is 533 g/mol. The van der Waals surface area contributed by atoms with Crippen molar-refractivity contribution in [3.63, 3.8) is 0 Å². The zero-order chi connectivity index (χ0) is 29.0. The Morgan fingerprint density at radius 1 is 0.950 bits per heavy atom. The van der Waals surface area contributed by atoms with E-state index in [1.165, 1.54) is 0 Å². The van der Waals surface area contributed by atoms with Crippen molar-refractivity contribution in [1.29, 1.82) is 0 Å². The lowest BCUT2D eigenvalue weighted by atomic mass is 9.90. The molecule has 0 bridgehead atoms. The minimum Gasteiger partial charge on any atom is -0.497 e. The molecule has 4 rings (SSSR count). The van der Waals surface area contributed by atoms with Gasteiger partial charge in [-0.2, -0.15) is 0 Å². The molecule has 1 heterocycles. The number of hydrogen-bond acceptors (Lipinski definition) is 5. The van der Waals surface area contributed by atoms with Crippen LogP contribution < -0.4 is 20.4 Å². The van der Waals surface area contributed by atoms with Crippen LogP contribution in [0.25, 0.3) is 0 Å². The summed E-state index contributed by atoms with van der Waals surface area (Å²) in [5.74, 6) is 1.50. The number of aliphatic imine (C=N–C) groups is 1. The third kappa shape index (κ3) is 6.22. The largest absolute Gasteiger partial charge is 0.497 e. The van der Waals surface area contributed by atoms with Crippen LogP contribution in [0.3, 0.4) is 0 Å². The topological polar surface area (TPSA) is 59.9 Å². The van der Waals surface area contributed by atoms with Crippen molar-refractivity contribution in [1.82, 2.24) is 5.32 Å². The van der Waals surface area contributed by atoms with Crippen LogP contribution in [0.15, 0.2) is 89.9 Å². The van der Waals surface area contributed by atoms with Gasteiger partial charge in [-0.05, 0) is 52.4 Å². The molecule has 40 heavy (non-hydrogen) atoms. The van der Waals surface area contributed by atoms with E-state index in [0.29, 0.717) is 5.17 Å². The zero-order valence-electron chi connectivity index (χ0n) is 24.7. The average molecular weight is 575 g/mol. The van der Waals surface area contributed by atoms with Gasteiger partial charge < -0.3 is 14.5 Å². The first-order chi connectivity index (χ1) is 19.0.